The number of rotatable bonds is 5. The number of para-hydroxylation sites is 1. The molecule has 0 aliphatic heterocycles. The van der Waals surface area contributed by atoms with Crippen LogP contribution in [0.25, 0.3) is 0 Å². The van der Waals surface area contributed by atoms with Crippen molar-refractivity contribution in [2.45, 2.75) is 6.54 Å². The summed E-state index contributed by atoms with van der Waals surface area (Å²) in [5, 5.41) is 16.0. The fraction of sp³-hybridized carbons (Fsp3) is 0.231. The Morgan fingerprint density at radius 3 is 2.89 bits per heavy atom. The monoisotopic (exact) mass is 259 g/mol. The molecule has 2 rings (SSSR count). The van der Waals surface area contributed by atoms with Crippen LogP contribution in [0, 0.1) is 0 Å². The van der Waals surface area contributed by atoms with E-state index in [0.29, 0.717) is 5.56 Å². The Morgan fingerprint density at radius 2 is 2.21 bits per heavy atom. The van der Waals surface area contributed by atoms with Crippen LogP contribution in [0.1, 0.15) is 5.56 Å². The summed E-state index contributed by atoms with van der Waals surface area (Å²) < 4.78 is 1.86. The summed E-state index contributed by atoms with van der Waals surface area (Å²) >= 11 is 0. The standard InChI is InChI=1S/C13H17N5O/c1-17(9-10-18-8-4-7-15-18)12-6-3-2-5-11(12)13(14)16-19/h2-8,19H,9-10H2,1H3,(H2,14,16). The minimum atomic E-state index is 0.113. The van der Waals surface area contributed by atoms with Crippen LogP contribution in [-0.4, -0.2) is 34.4 Å². The molecule has 6 nitrogen and oxygen atoms in total. The van der Waals surface area contributed by atoms with Gasteiger partial charge in [-0.25, -0.2) is 0 Å². The molecule has 0 unspecified atom stereocenters. The molecule has 100 valence electrons. The molecule has 0 fully saturated rings. The minimum absolute atomic E-state index is 0.113. The zero-order chi connectivity index (χ0) is 13.7. The van der Waals surface area contributed by atoms with Gasteiger partial charge in [-0.3, -0.25) is 4.68 Å². The topological polar surface area (TPSA) is 79.7 Å². The first kappa shape index (κ1) is 12.9. The molecule has 3 N–H and O–H groups in total. The Morgan fingerprint density at radius 1 is 1.42 bits per heavy atom. The van der Waals surface area contributed by atoms with E-state index in [9.17, 15) is 0 Å². The van der Waals surface area contributed by atoms with Gasteiger partial charge in [0, 0.05) is 37.2 Å². The van der Waals surface area contributed by atoms with E-state index in [1.54, 1.807) is 6.20 Å². The van der Waals surface area contributed by atoms with E-state index >= 15 is 0 Å². The predicted molar refractivity (Wildman–Crippen MR) is 74.4 cm³/mol. The van der Waals surface area contributed by atoms with Crippen LogP contribution in [0.5, 0.6) is 0 Å². The molecule has 0 saturated heterocycles. The molecule has 0 saturated carbocycles. The molecular weight excluding hydrogens is 242 g/mol. The smallest absolute Gasteiger partial charge is 0.172 e. The first-order valence-electron chi connectivity index (χ1n) is 5.98. The third-order valence-electron chi connectivity index (χ3n) is 2.92. The molecule has 0 aliphatic carbocycles. The highest BCUT2D eigenvalue weighted by Crippen LogP contribution is 2.18. The number of nitrogens with two attached hydrogens (primary N) is 1. The molecule has 2 aromatic rings. The van der Waals surface area contributed by atoms with Gasteiger partial charge in [0.15, 0.2) is 5.84 Å². The molecule has 1 heterocycles. The zero-order valence-electron chi connectivity index (χ0n) is 10.8. The molecule has 0 bridgehead atoms. The number of benzene rings is 1. The van der Waals surface area contributed by atoms with Crippen molar-refractivity contribution < 1.29 is 5.21 Å². The van der Waals surface area contributed by atoms with Crippen LogP contribution < -0.4 is 10.6 Å². The number of oxime groups is 1. The number of amidine groups is 1. The van der Waals surface area contributed by atoms with Gasteiger partial charge in [-0.05, 0) is 18.2 Å². The van der Waals surface area contributed by atoms with Gasteiger partial charge < -0.3 is 15.8 Å². The summed E-state index contributed by atoms with van der Waals surface area (Å²) in [6, 6.07) is 9.45. The van der Waals surface area contributed by atoms with Crippen molar-refractivity contribution in [3.05, 3.63) is 48.3 Å². The van der Waals surface area contributed by atoms with Crippen molar-refractivity contribution >= 4 is 11.5 Å². The van der Waals surface area contributed by atoms with Crippen molar-refractivity contribution in [2.75, 3.05) is 18.5 Å². The molecule has 6 heteroatoms. The molecule has 1 aromatic carbocycles. The van der Waals surface area contributed by atoms with Crippen molar-refractivity contribution in [3.8, 4) is 0 Å². The Balaban J connectivity index is 2.12. The normalized spacial score (nSPS) is 11.5. The lowest BCUT2D eigenvalue weighted by Crippen LogP contribution is -2.26. The number of aromatic nitrogens is 2. The van der Waals surface area contributed by atoms with Crippen molar-refractivity contribution in [3.63, 3.8) is 0 Å². The van der Waals surface area contributed by atoms with Crippen LogP contribution in [0.4, 0.5) is 5.69 Å². The Kier molecular flexibility index (Phi) is 4.02. The largest absolute Gasteiger partial charge is 0.409 e. The molecule has 0 atom stereocenters. The van der Waals surface area contributed by atoms with E-state index in [4.69, 9.17) is 10.9 Å². The van der Waals surface area contributed by atoms with Gasteiger partial charge in [-0.2, -0.15) is 5.10 Å². The zero-order valence-corrected chi connectivity index (χ0v) is 10.8. The molecule has 0 spiro atoms. The summed E-state index contributed by atoms with van der Waals surface area (Å²) in [5.74, 6) is 0.113. The highest BCUT2D eigenvalue weighted by Gasteiger charge is 2.10. The average Bonchev–Trinajstić information content (AvgIpc) is 2.97. The molecular formula is C13H17N5O. The first-order valence-corrected chi connectivity index (χ1v) is 5.98. The summed E-state index contributed by atoms with van der Waals surface area (Å²) in [6.07, 6.45) is 3.67. The Bertz CT molecular complexity index is 550. The van der Waals surface area contributed by atoms with Crippen LogP contribution in [0.3, 0.4) is 0 Å². The van der Waals surface area contributed by atoms with Gasteiger partial charge in [0.2, 0.25) is 0 Å². The summed E-state index contributed by atoms with van der Waals surface area (Å²) in [4.78, 5) is 2.05. The Labute approximate surface area is 111 Å². The second-order valence-electron chi connectivity index (χ2n) is 4.19. The van der Waals surface area contributed by atoms with E-state index in [1.165, 1.54) is 0 Å². The van der Waals surface area contributed by atoms with Crippen molar-refractivity contribution in [1.82, 2.24) is 9.78 Å². The van der Waals surface area contributed by atoms with Crippen LogP contribution in [-0.2, 0) is 6.54 Å². The second-order valence-corrected chi connectivity index (χ2v) is 4.19. The molecule has 1 aromatic heterocycles. The quantitative estimate of drug-likeness (QED) is 0.365. The van der Waals surface area contributed by atoms with Crippen LogP contribution in [0.15, 0.2) is 47.9 Å². The SMILES string of the molecule is CN(CCn1cccn1)c1ccccc1C(N)=NO. The van der Waals surface area contributed by atoms with E-state index in [2.05, 4.69) is 15.2 Å². The molecule has 19 heavy (non-hydrogen) atoms. The third-order valence-corrected chi connectivity index (χ3v) is 2.92. The lowest BCUT2D eigenvalue weighted by molar-refractivity contribution is 0.318. The third kappa shape index (κ3) is 3.04. The minimum Gasteiger partial charge on any atom is -0.409 e. The van der Waals surface area contributed by atoms with Gasteiger partial charge in [-0.1, -0.05) is 17.3 Å². The van der Waals surface area contributed by atoms with Gasteiger partial charge in [0.1, 0.15) is 0 Å². The highest BCUT2D eigenvalue weighted by atomic mass is 16.4. The number of likely N-dealkylation sites (N-methyl/N-ethyl adjacent to an activating group) is 1. The summed E-state index contributed by atoms with van der Waals surface area (Å²) in [6.45, 7) is 1.55. The number of anilines is 1. The second kappa shape index (κ2) is 5.90. The van der Waals surface area contributed by atoms with E-state index in [1.807, 2.05) is 48.3 Å². The number of nitrogens with zero attached hydrogens (tertiary/aromatic N) is 4. The average molecular weight is 259 g/mol. The van der Waals surface area contributed by atoms with Gasteiger partial charge >= 0.3 is 0 Å². The first-order chi connectivity index (χ1) is 9.22. The predicted octanol–water partition coefficient (Wildman–Crippen LogP) is 1.11. The van der Waals surface area contributed by atoms with Gasteiger partial charge in [0.05, 0.1) is 6.54 Å². The lowest BCUT2D eigenvalue weighted by atomic mass is 10.1. The van der Waals surface area contributed by atoms with E-state index in [0.717, 1.165) is 18.8 Å². The fourth-order valence-corrected chi connectivity index (χ4v) is 1.88. The molecule has 0 radical (unpaired) electrons. The maximum absolute atomic E-state index is 8.80. The maximum Gasteiger partial charge on any atom is 0.172 e. The number of hydrogen-bond acceptors (Lipinski definition) is 4. The lowest BCUT2D eigenvalue weighted by Gasteiger charge is -2.21. The molecule has 0 amide bonds. The van der Waals surface area contributed by atoms with Gasteiger partial charge in [0.25, 0.3) is 0 Å². The van der Waals surface area contributed by atoms with Crippen molar-refractivity contribution in [1.29, 1.82) is 0 Å². The number of hydrogen-bond donors (Lipinski definition) is 2. The fourth-order valence-electron chi connectivity index (χ4n) is 1.88. The van der Waals surface area contributed by atoms with E-state index < -0.39 is 0 Å². The van der Waals surface area contributed by atoms with Gasteiger partial charge in [-0.15, -0.1) is 0 Å². The van der Waals surface area contributed by atoms with E-state index in [-0.39, 0.29) is 5.84 Å². The highest BCUT2D eigenvalue weighted by molar-refractivity contribution is 6.02. The molecule has 0 aliphatic rings. The summed E-state index contributed by atoms with van der Waals surface area (Å²) in [7, 11) is 1.97. The Hall–Kier alpha value is -2.50. The van der Waals surface area contributed by atoms with Crippen LogP contribution in [0.2, 0.25) is 0 Å². The summed E-state index contributed by atoms with van der Waals surface area (Å²) in [5.41, 5.74) is 7.32. The maximum atomic E-state index is 8.80. The van der Waals surface area contributed by atoms with Crippen molar-refractivity contribution in [2.24, 2.45) is 10.9 Å². The van der Waals surface area contributed by atoms with Crippen LogP contribution >= 0.6 is 0 Å².